The molecule has 0 radical (unpaired) electrons. The van der Waals surface area contributed by atoms with Crippen molar-refractivity contribution in [2.24, 2.45) is 5.73 Å². The summed E-state index contributed by atoms with van der Waals surface area (Å²) in [5.41, 5.74) is 11.0. The number of rotatable bonds is 5. The molecule has 208 valence electrons. The number of methoxy groups -OCH3 is 2. The molecule has 3 N–H and O–H groups in total. The summed E-state index contributed by atoms with van der Waals surface area (Å²) in [7, 11) is 2.76. The van der Waals surface area contributed by atoms with Crippen LogP contribution in [0.25, 0.3) is 0 Å². The molecule has 0 heterocycles. The second-order valence-electron chi connectivity index (χ2n) is 10.7. The lowest BCUT2D eigenvalue weighted by Crippen LogP contribution is -2.34. The van der Waals surface area contributed by atoms with Crippen LogP contribution >= 0.6 is 12.4 Å². The number of hydrogen-bond acceptors (Lipinski definition) is 7. The molecule has 8 nitrogen and oxygen atoms in total. The fourth-order valence-corrected chi connectivity index (χ4v) is 4.30. The van der Waals surface area contributed by atoms with Crippen LogP contribution in [-0.2, 0) is 14.2 Å². The maximum absolute atomic E-state index is 11.8. The van der Waals surface area contributed by atoms with Crippen molar-refractivity contribution in [3.63, 3.8) is 0 Å². The maximum atomic E-state index is 11.8. The zero-order valence-electron chi connectivity index (χ0n) is 23.1. The van der Waals surface area contributed by atoms with Gasteiger partial charge in [-0.3, -0.25) is 0 Å². The lowest BCUT2D eigenvalue weighted by molar-refractivity contribution is 0.0520. The summed E-state index contributed by atoms with van der Waals surface area (Å²) >= 11 is 0. The number of amides is 1. The van der Waals surface area contributed by atoms with Gasteiger partial charge in [0.15, 0.2) is 0 Å². The average Bonchev–Trinajstić information content (AvgIpc) is 3.75. The van der Waals surface area contributed by atoms with E-state index in [1.165, 1.54) is 25.3 Å². The smallest absolute Gasteiger partial charge is 0.407 e. The van der Waals surface area contributed by atoms with Gasteiger partial charge in [0.05, 0.1) is 25.3 Å². The summed E-state index contributed by atoms with van der Waals surface area (Å²) in [6.45, 7) is 9.55. The van der Waals surface area contributed by atoms with E-state index < -0.39 is 11.7 Å². The van der Waals surface area contributed by atoms with E-state index >= 15 is 0 Å². The molecule has 1 amide bonds. The third kappa shape index (κ3) is 8.20. The van der Waals surface area contributed by atoms with Crippen LogP contribution in [0.5, 0.6) is 0 Å². The van der Waals surface area contributed by atoms with Gasteiger partial charge < -0.3 is 25.3 Å². The van der Waals surface area contributed by atoms with E-state index in [2.05, 4.69) is 10.1 Å². The molecule has 9 heteroatoms. The van der Waals surface area contributed by atoms with E-state index in [1.54, 1.807) is 12.1 Å². The standard InChI is InChI=1S/C17H23NO4.C12H15NO2.ClH/c1-10-6-7-11(15(19)21-5)8-12(10)13-9-14(13)18-16(20)22-17(2,3)4;1-7-3-4-8(12(14)15-2)5-9(7)10-6-11(10)13;/h6-8,13-14H,9H2,1-5H3,(H,18,20);3-5,10-11H,6,13H2,1-2H3;1H/t13-,14+;10-,11+;/m00./s1. The number of aryl methyl sites for hydroxylation is 2. The molecule has 2 aliphatic carbocycles. The summed E-state index contributed by atoms with van der Waals surface area (Å²) in [5, 5.41) is 2.87. The van der Waals surface area contributed by atoms with Gasteiger partial charge >= 0.3 is 18.0 Å². The number of carbonyl (C=O) groups is 3. The van der Waals surface area contributed by atoms with Crippen molar-refractivity contribution in [1.82, 2.24) is 5.32 Å². The molecule has 0 bridgehead atoms. The van der Waals surface area contributed by atoms with Crippen molar-refractivity contribution >= 4 is 30.4 Å². The van der Waals surface area contributed by atoms with Crippen molar-refractivity contribution in [2.75, 3.05) is 14.2 Å². The second-order valence-corrected chi connectivity index (χ2v) is 10.7. The van der Waals surface area contributed by atoms with Crippen LogP contribution in [0.3, 0.4) is 0 Å². The van der Waals surface area contributed by atoms with Gasteiger partial charge in [0.1, 0.15) is 5.60 Å². The maximum Gasteiger partial charge on any atom is 0.407 e. The number of halogens is 1. The van der Waals surface area contributed by atoms with Gasteiger partial charge in [-0.1, -0.05) is 12.1 Å². The average molecular weight is 547 g/mol. The van der Waals surface area contributed by atoms with Crippen molar-refractivity contribution in [3.8, 4) is 0 Å². The fraction of sp³-hybridized carbons (Fsp3) is 0.483. The van der Waals surface area contributed by atoms with Crippen LogP contribution in [0.4, 0.5) is 4.79 Å². The van der Waals surface area contributed by atoms with Gasteiger partial charge in [-0.2, -0.15) is 0 Å². The Hall–Kier alpha value is -3.10. The summed E-state index contributed by atoms with van der Waals surface area (Å²) in [6.07, 6.45) is 1.47. The Kier molecular flexibility index (Phi) is 10.3. The molecule has 2 aromatic rings. The van der Waals surface area contributed by atoms with Gasteiger partial charge in [0.25, 0.3) is 0 Å². The Morgan fingerprint density at radius 1 is 0.842 bits per heavy atom. The minimum atomic E-state index is -0.505. The molecule has 0 saturated heterocycles. The Bertz CT molecular complexity index is 1180. The van der Waals surface area contributed by atoms with Gasteiger partial charge in [-0.25, -0.2) is 14.4 Å². The molecule has 2 aliphatic rings. The topological polar surface area (TPSA) is 117 Å². The zero-order valence-corrected chi connectivity index (χ0v) is 23.9. The molecular weight excluding hydrogens is 508 g/mol. The van der Waals surface area contributed by atoms with Crippen LogP contribution in [0.15, 0.2) is 36.4 Å². The minimum absolute atomic E-state index is 0. The number of esters is 2. The van der Waals surface area contributed by atoms with E-state index in [0.29, 0.717) is 17.0 Å². The largest absolute Gasteiger partial charge is 0.465 e. The first-order chi connectivity index (χ1) is 17.3. The van der Waals surface area contributed by atoms with E-state index in [9.17, 15) is 14.4 Å². The first-order valence-corrected chi connectivity index (χ1v) is 12.5. The van der Waals surface area contributed by atoms with Crippen LogP contribution in [0, 0.1) is 13.8 Å². The first kappa shape index (κ1) is 31.1. The van der Waals surface area contributed by atoms with E-state index in [-0.39, 0.29) is 42.3 Å². The SMILES string of the molecule is COC(=O)c1ccc(C)c([C@@H]2C[C@H]2N)c1.COC(=O)c1ccc(C)c([C@@H]2C[C@H]2NC(=O)OC(C)(C)C)c1.Cl. The lowest BCUT2D eigenvalue weighted by Gasteiger charge is -2.19. The summed E-state index contributed by atoms with van der Waals surface area (Å²) < 4.78 is 14.7. The second kappa shape index (κ2) is 12.6. The van der Waals surface area contributed by atoms with E-state index in [4.69, 9.17) is 15.2 Å². The minimum Gasteiger partial charge on any atom is -0.465 e. The van der Waals surface area contributed by atoms with Crippen molar-refractivity contribution in [1.29, 1.82) is 0 Å². The Morgan fingerprint density at radius 2 is 1.29 bits per heavy atom. The Morgan fingerprint density at radius 3 is 1.68 bits per heavy atom. The first-order valence-electron chi connectivity index (χ1n) is 12.5. The molecule has 38 heavy (non-hydrogen) atoms. The molecule has 2 fully saturated rings. The Labute approximate surface area is 231 Å². The van der Waals surface area contributed by atoms with Gasteiger partial charge in [0, 0.05) is 23.9 Å². The molecular formula is C29H39ClN2O6. The third-order valence-electron chi connectivity index (χ3n) is 6.53. The highest BCUT2D eigenvalue weighted by molar-refractivity contribution is 5.90. The molecule has 2 aromatic carbocycles. The Balaban J connectivity index is 0.000000277. The number of carbonyl (C=O) groups excluding carboxylic acids is 3. The summed E-state index contributed by atoms with van der Waals surface area (Å²) in [5.74, 6) is 0.00996. The highest BCUT2D eigenvalue weighted by Gasteiger charge is 2.41. The molecule has 4 atom stereocenters. The number of hydrogen-bond donors (Lipinski definition) is 2. The highest BCUT2D eigenvalue weighted by atomic mass is 35.5. The number of nitrogens with one attached hydrogen (secondary N) is 1. The predicted molar refractivity (Wildman–Crippen MR) is 148 cm³/mol. The third-order valence-corrected chi connectivity index (χ3v) is 6.53. The lowest BCUT2D eigenvalue weighted by atomic mass is 10.0. The van der Waals surface area contributed by atoms with Gasteiger partial charge in [0.2, 0.25) is 0 Å². The van der Waals surface area contributed by atoms with Crippen LogP contribution in [0.2, 0.25) is 0 Å². The molecule has 4 rings (SSSR count). The van der Waals surface area contributed by atoms with Crippen LogP contribution < -0.4 is 11.1 Å². The number of benzene rings is 2. The zero-order chi connectivity index (χ0) is 27.5. The van der Waals surface area contributed by atoms with E-state index in [0.717, 1.165) is 24.0 Å². The van der Waals surface area contributed by atoms with Crippen LogP contribution in [0.1, 0.15) is 88.4 Å². The normalized spacial score (nSPS) is 21.1. The highest BCUT2D eigenvalue weighted by Crippen LogP contribution is 2.43. The summed E-state index contributed by atoms with van der Waals surface area (Å²) in [6, 6.07) is 11.5. The van der Waals surface area contributed by atoms with Crippen molar-refractivity contribution in [3.05, 3.63) is 69.8 Å². The predicted octanol–water partition coefficient (Wildman–Crippen LogP) is 5.18. The molecule has 2 saturated carbocycles. The molecule has 0 unspecified atom stereocenters. The number of ether oxygens (including phenoxy) is 3. The van der Waals surface area contributed by atoms with Gasteiger partial charge in [-0.05, 0) is 94.0 Å². The molecule has 0 aromatic heterocycles. The molecule has 0 spiro atoms. The van der Waals surface area contributed by atoms with Crippen molar-refractivity contribution in [2.45, 2.75) is 77.0 Å². The quantitative estimate of drug-likeness (QED) is 0.392. The monoisotopic (exact) mass is 546 g/mol. The fourth-order valence-electron chi connectivity index (χ4n) is 4.30. The summed E-state index contributed by atoms with van der Waals surface area (Å²) in [4.78, 5) is 34.8. The van der Waals surface area contributed by atoms with Gasteiger partial charge in [-0.15, -0.1) is 12.4 Å². The van der Waals surface area contributed by atoms with Crippen LogP contribution in [-0.4, -0.2) is 49.9 Å². The number of nitrogens with two attached hydrogens (primary N) is 1. The number of alkyl carbamates (subject to hydrolysis) is 1. The van der Waals surface area contributed by atoms with E-state index in [1.807, 2.05) is 58.9 Å². The van der Waals surface area contributed by atoms with Crippen molar-refractivity contribution < 1.29 is 28.6 Å². The molecule has 0 aliphatic heterocycles.